The van der Waals surface area contributed by atoms with Gasteiger partial charge >= 0.3 is 0 Å². The van der Waals surface area contributed by atoms with Crippen LogP contribution in [0.25, 0.3) is 0 Å². The summed E-state index contributed by atoms with van der Waals surface area (Å²) in [4.78, 5) is 12.4. The van der Waals surface area contributed by atoms with Crippen LogP contribution in [0.2, 0.25) is 0 Å². The monoisotopic (exact) mass is 314 g/mol. The number of para-hydroxylation sites is 1. The molecule has 0 bridgehead atoms. The number of carbonyl (C=O) groups is 1. The number of benzene rings is 1. The van der Waals surface area contributed by atoms with E-state index >= 15 is 0 Å². The van der Waals surface area contributed by atoms with Gasteiger partial charge in [-0.15, -0.1) is 0 Å². The van der Waals surface area contributed by atoms with Gasteiger partial charge in [0, 0.05) is 7.05 Å². The maximum absolute atomic E-state index is 12.4. The molecular formula is C17H22N4O2. The fourth-order valence-corrected chi connectivity index (χ4v) is 2.94. The summed E-state index contributed by atoms with van der Waals surface area (Å²) in [6.07, 6.45) is 5.51. The Labute approximate surface area is 135 Å². The molecule has 122 valence electrons. The summed E-state index contributed by atoms with van der Waals surface area (Å²) in [6, 6.07) is 9.71. The maximum Gasteiger partial charge on any atom is 0.257 e. The van der Waals surface area contributed by atoms with Crippen LogP contribution >= 0.6 is 0 Å². The Morgan fingerprint density at radius 1 is 1.30 bits per heavy atom. The van der Waals surface area contributed by atoms with Crippen molar-refractivity contribution >= 4 is 11.7 Å². The standard InChI is InChI=1S/C17H22N4O2/c1-21-16(18)13(11-19-21)17(22)20-14-9-5-6-10-15(14)23-12-7-3-2-4-8-12/h2-4,7-8,11,14-15H,5-6,9-10,18H2,1H3,(H,20,22)/t14-,15+/m1/s1. The summed E-state index contributed by atoms with van der Waals surface area (Å²) in [6.45, 7) is 0. The first-order valence-electron chi connectivity index (χ1n) is 7.95. The molecule has 1 amide bonds. The van der Waals surface area contributed by atoms with E-state index in [-0.39, 0.29) is 18.1 Å². The molecule has 23 heavy (non-hydrogen) atoms. The third-order valence-electron chi connectivity index (χ3n) is 4.28. The topological polar surface area (TPSA) is 82.2 Å². The summed E-state index contributed by atoms with van der Waals surface area (Å²) >= 11 is 0. The van der Waals surface area contributed by atoms with E-state index < -0.39 is 0 Å². The highest BCUT2D eigenvalue weighted by molar-refractivity contribution is 5.98. The van der Waals surface area contributed by atoms with Crippen LogP contribution in [0.5, 0.6) is 5.75 Å². The third kappa shape index (κ3) is 3.47. The van der Waals surface area contributed by atoms with Gasteiger partial charge in [0.15, 0.2) is 0 Å². The van der Waals surface area contributed by atoms with E-state index in [9.17, 15) is 4.79 Å². The van der Waals surface area contributed by atoms with Crippen LogP contribution in [-0.4, -0.2) is 27.8 Å². The number of amides is 1. The lowest BCUT2D eigenvalue weighted by molar-refractivity contribution is 0.0798. The summed E-state index contributed by atoms with van der Waals surface area (Å²) < 4.78 is 7.57. The number of nitrogens with one attached hydrogen (secondary N) is 1. The molecule has 2 atom stereocenters. The lowest BCUT2D eigenvalue weighted by Crippen LogP contribution is -2.47. The Morgan fingerprint density at radius 3 is 2.74 bits per heavy atom. The van der Waals surface area contributed by atoms with Crippen LogP contribution in [0.4, 0.5) is 5.82 Å². The fraction of sp³-hybridized carbons (Fsp3) is 0.412. The highest BCUT2D eigenvalue weighted by Crippen LogP contribution is 2.24. The lowest BCUT2D eigenvalue weighted by atomic mass is 9.92. The van der Waals surface area contributed by atoms with E-state index in [4.69, 9.17) is 10.5 Å². The molecule has 1 aliphatic rings. The largest absolute Gasteiger partial charge is 0.488 e. The molecule has 1 heterocycles. The number of anilines is 1. The Bertz CT molecular complexity index is 668. The van der Waals surface area contributed by atoms with Crippen molar-refractivity contribution in [2.75, 3.05) is 5.73 Å². The first-order valence-corrected chi connectivity index (χ1v) is 7.95. The number of nitrogens with zero attached hydrogens (tertiary/aromatic N) is 2. The zero-order valence-electron chi connectivity index (χ0n) is 13.2. The van der Waals surface area contributed by atoms with Gasteiger partial charge in [-0.25, -0.2) is 0 Å². The molecule has 0 saturated heterocycles. The maximum atomic E-state index is 12.4. The number of aromatic nitrogens is 2. The molecule has 0 aliphatic heterocycles. The average Bonchev–Trinajstić information content (AvgIpc) is 2.90. The van der Waals surface area contributed by atoms with Crippen LogP contribution in [0, 0.1) is 0 Å². The van der Waals surface area contributed by atoms with Gasteiger partial charge in [-0.2, -0.15) is 5.10 Å². The van der Waals surface area contributed by atoms with E-state index in [0.717, 1.165) is 31.4 Å². The minimum Gasteiger partial charge on any atom is -0.488 e. The number of nitrogen functional groups attached to an aromatic ring is 1. The molecule has 1 saturated carbocycles. The number of hydrogen-bond donors (Lipinski definition) is 2. The third-order valence-corrected chi connectivity index (χ3v) is 4.28. The molecule has 6 heteroatoms. The van der Waals surface area contributed by atoms with Crippen molar-refractivity contribution in [3.8, 4) is 5.75 Å². The van der Waals surface area contributed by atoms with E-state index in [0.29, 0.717) is 11.4 Å². The van der Waals surface area contributed by atoms with Crippen molar-refractivity contribution in [1.82, 2.24) is 15.1 Å². The van der Waals surface area contributed by atoms with Gasteiger partial charge in [0.05, 0.1) is 12.2 Å². The second-order valence-corrected chi connectivity index (χ2v) is 5.90. The molecule has 2 aromatic rings. The second-order valence-electron chi connectivity index (χ2n) is 5.90. The van der Waals surface area contributed by atoms with Crippen molar-refractivity contribution in [1.29, 1.82) is 0 Å². The summed E-state index contributed by atoms with van der Waals surface area (Å²) in [5, 5.41) is 7.08. The molecule has 1 aromatic carbocycles. The molecule has 0 unspecified atom stereocenters. The van der Waals surface area contributed by atoms with Crippen LogP contribution in [-0.2, 0) is 7.05 Å². The summed E-state index contributed by atoms with van der Waals surface area (Å²) in [7, 11) is 1.72. The van der Waals surface area contributed by atoms with E-state index in [1.807, 2.05) is 30.3 Å². The molecular weight excluding hydrogens is 292 g/mol. The first-order chi connectivity index (χ1) is 11.1. The SMILES string of the molecule is Cn1ncc(C(=O)N[C@@H]2CCCC[C@@H]2Oc2ccccc2)c1N. The van der Waals surface area contributed by atoms with Crippen molar-refractivity contribution < 1.29 is 9.53 Å². The van der Waals surface area contributed by atoms with Crippen LogP contribution in [0.15, 0.2) is 36.5 Å². The van der Waals surface area contributed by atoms with Gasteiger partial charge in [-0.3, -0.25) is 9.48 Å². The number of nitrogens with two attached hydrogens (primary N) is 1. The Hall–Kier alpha value is -2.50. The first kappa shape index (κ1) is 15.4. The highest BCUT2D eigenvalue weighted by atomic mass is 16.5. The van der Waals surface area contributed by atoms with Gasteiger partial charge < -0.3 is 15.8 Å². The van der Waals surface area contributed by atoms with E-state index in [1.54, 1.807) is 7.05 Å². The summed E-state index contributed by atoms with van der Waals surface area (Å²) in [5.41, 5.74) is 6.29. The lowest BCUT2D eigenvalue weighted by Gasteiger charge is -2.32. The number of rotatable bonds is 4. The number of ether oxygens (including phenoxy) is 1. The van der Waals surface area contributed by atoms with Gasteiger partial charge in [0.25, 0.3) is 5.91 Å². The predicted molar refractivity (Wildman–Crippen MR) is 88.2 cm³/mol. The zero-order chi connectivity index (χ0) is 16.2. The predicted octanol–water partition coefficient (Wildman–Crippen LogP) is 2.12. The summed E-state index contributed by atoms with van der Waals surface area (Å²) in [5.74, 6) is 1.02. The zero-order valence-corrected chi connectivity index (χ0v) is 13.2. The Kier molecular flexibility index (Phi) is 4.50. The fourth-order valence-electron chi connectivity index (χ4n) is 2.94. The second kappa shape index (κ2) is 6.73. The molecule has 3 N–H and O–H groups in total. The minimum absolute atomic E-state index is 0.0175. The van der Waals surface area contributed by atoms with E-state index in [2.05, 4.69) is 10.4 Å². The van der Waals surface area contributed by atoms with Gasteiger partial charge in [-0.05, 0) is 31.4 Å². The number of hydrogen-bond acceptors (Lipinski definition) is 4. The average molecular weight is 314 g/mol. The van der Waals surface area contributed by atoms with Crippen molar-refractivity contribution in [2.24, 2.45) is 7.05 Å². The normalized spacial score (nSPS) is 20.9. The van der Waals surface area contributed by atoms with Gasteiger partial charge in [0.2, 0.25) is 0 Å². The van der Waals surface area contributed by atoms with Crippen LogP contribution < -0.4 is 15.8 Å². The van der Waals surface area contributed by atoms with Crippen molar-refractivity contribution in [2.45, 2.75) is 37.8 Å². The van der Waals surface area contributed by atoms with Gasteiger partial charge in [0.1, 0.15) is 23.2 Å². The number of carbonyl (C=O) groups excluding carboxylic acids is 1. The molecule has 1 aliphatic carbocycles. The van der Waals surface area contributed by atoms with Crippen LogP contribution in [0.3, 0.4) is 0 Å². The molecule has 6 nitrogen and oxygen atoms in total. The van der Waals surface area contributed by atoms with Crippen molar-refractivity contribution in [3.63, 3.8) is 0 Å². The molecule has 1 aromatic heterocycles. The highest BCUT2D eigenvalue weighted by Gasteiger charge is 2.29. The van der Waals surface area contributed by atoms with Crippen molar-refractivity contribution in [3.05, 3.63) is 42.1 Å². The Balaban J connectivity index is 1.69. The molecule has 0 radical (unpaired) electrons. The minimum atomic E-state index is -0.191. The van der Waals surface area contributed by atoms with Gasteiger partial charge in [-0.1, -0.05) is 24.6 Å². The quantitative estimate of drug-likeness (QED) is 0.905. The molecule has 0 spiro atoms. The Morgan fingerprint density at radius 2 is 2.04 bits per heavy atom. The molecule has 1 fully saturated rings. The van der Waals surface area contributed by atoms with Crippen LogP contribution in [0.1, 0.15) is 36.0 Å². The molecule has 3 rings (SSSR count). The smallest absolute Gasteiger partial charge is 0.257 e. The number of aryl methyl sites for hydroxylation is 1. The van der Waals surface area contributed by atoms with E-state index in [1.165, 1.54) is 10.9 Å².